The molecular weight excluding hydrogens is 296 g/mol. The quantitative estimate of drug-likeness (QED) is 0.844. The fourth-order valence-corrected chi connectivity index (χ4v) is 3.27. The van der Waals surface area contributed by atoms with E-state index in [4.69, 9.17) is 17.3 Å². The molecule has 0 spiro atoms. The van der Waals surface area contributed by atoms with E-state index < -0.39 is 10.0 Å². The molecule has 0 bridgehead atoms. The first-order valence-corrected chi connectivity index (χ1v) is 7.39. The van der Waals surface area contributed by atoms with Gasteiger partial charge in [-0.2, -0.15) is 0 Å². The molecule has 1 aromatic heterocycles. The van der Waals surface area contributed by atoms with Gasteiger partial charge in [0.2, 0.25) is 0 Å². The van der Waals surface area contributed by atoms with Crippen molar-refractivity contribution in [3.8, 4) is 0 Å². The summed E-state index contributed by atoms with van der Waals surface area (Å²) in [6, 6.07) is 2.71. The summed E-state index contributed by atoms with van der Waals surface area (Å²) in [6.45, 7) is 1.72. The molecule has 0 atom stereocenters. The molecule has 0 radical (unpaired) electrons. The highest BCUT2D eigenvalue weighted by atomic mass is 35.5. The first-order chi connectivity index (χ1) is 8.40. The Balaban J connectivity index is 2.42. The zero-order chi connectivity index (χ0) is 13.3. The molecule has 1 heterocycles. The lowest BCUT2D eigenvalue weighted by Crippen LogP contribution is -2.12. The van der Waals surface area contributed by atoms with Crippen LogP contribution >= 0.6 is 23.1 Å². The van der Waals surface area contributed by atoms with Crippen LogP contribution in [0.3, 0.4) is 0 Å². The number of sulfonamides is 1. The van der Waals surface area contributed by atoms with E-state index in [1.165, 1.54) is 18.3 Å². The minimum absolute atomic E-state index is 0.00370. The van der Waals surface area contributed by atoms with Gasteiger partial charge in [-0.05, 0) is 24.6 Å². The Morgan fingerprint density at radius 3 is 2.72 bits per heavy atom. The first kappa shape index (κ1) is 13.1. The number of hydrogen-bond donors (Lipinski definition) is 2. The predicted octanol–water partition coefficient (Wildman–Crippen LogP) is 1.88. The predicted molar refractivity (Wildman–Crippen MR) is 71.3 cm³/mol. The number of nitrogens with zero attached hydrogens (tertiary/aromatic N) is 2. The Hall–Kier alpha value is -1.38. The van der Waals surface area contributed by atoms with E-state index in [2.05, 4.69) is 14.3 Å². The summed E-state index contributed by atoms with van der Waals surface area (Å²) in [4.78, 5) is 0.00370. The van der Waals surface area contributed by atoms with Crippen LogP contribution < -0.4 is 10.5 Å². The Kier molecular flexibility index (Phi) is 3.42. The minimum Gasteiger partial charge on any atom is -0.398 e. The molecule has 6 nitrogen and oxygen atoms in total. The third kappa shape index (κ3) is 2.55. The van der Waals surface area contributed by atoms with E-state index >= 15 is 0 Å². The maximum atomic E-state index is 12.0. The van der Waals surface area contributed by atoms with Crippen molar-refractivity contribution in [3.05, 3.63) is 28.9 Å². The largest absolute Gasteiger partial charge is 0.398 e. The summed E-state index contributed by atoms with van der Waals surface area (Å²) >= 11 is 6.85. The van der Waals surface area contributed by atoms with Gasteiger partial charge in [0.1, 0.15) is 5.00 Å². The van der Waals surface area contributed by atoms with Crippen LogP contribution in [0.1, 0.15) is 5.56 Å². The molecule has 2 aromatic rings. The van der Waals surface area contributed by atoms with Gasteiger partial charge < -0.3 is 5.73 Å². The number of nitrogens with one attached hydrogen (secondary N) is 1. The highest BCUT2D eigenvalue weighted by Crippen LogP contribution is 2.27. The summed E-state index contributed by atoms with van der Waals surface area (Å²) in [5.74, 6) is 0. The zero-order valence-corrected chi connectivity index (χ0v) is 11.6. The second kappa shape index (κ2) is 4.71. The molecule has 3 N–H and O–H groups in total. The minimum atomic E-state index is -3.73. The Labute approximate surface area is 113 Å². The van der Waals surface area contributed by atoms with Gasteiger partial charge >= 0.3 is 0 Å². The molecule has 0 aliphatic rings. The van der Waals surface area contributed by atoms with E-state index in [1.54, 1.807) is 6.92 Å². The number of rotatable bonds is 3. The number of nitrogen functional groups attached to an aromatic ring is 1. The summed E-state index contributed by atoms with van der Waals surface area (Å²) in [7, 11) is -3.73. The molecule has 0 aliphatic carbocycles. The number of hydrogen-bond acceptors (Lipinski definition) is 6. The molecule has 18 heavy (non-hydrogen) atoms. The average Bonchev–Trinajstić information content (AvgIpc) is 2.77. The number of halogens is 1. The van der Waals surface area contributed by atoms with Gasteiger partial charge in [-0.15, -0.1) is 5.10 Å². The lowest BCUT2D eigenvalue weighted by molar-refractivity contribution is 0.601. The summed E-state index contributed by atoms with van der Waals surface area (Å²) < 4.78 is 30.0. The van der Waals surface area contributed by atoms with E-state index in [0.717, 1.165) is 11.5 Å². The topological polar surface area (TPSA) is 98.0 Å². The molecule has 0 saturated heterocycles. The van der Waals surface area contributed by atoms with Crippen molar-refractivity contribution in [2.24, 2.45) is 0 Å². The highest BCUT2D eigenvalue weighted by molar-refractivity contribution is 7.93. The Bertz CT molecular complexity index is 647. The summed E-state index contributed by atoms with van der Waals surface area (Å²) in [5, 5.41) is 4.17. The van der Waals surface area contributed by atoms with Crippen molar-refractivity contribution < 1.29 is 8.42 Å². The molecule has 0 saturated carbocycles. The molecule has 0 fully saturated rings. The normalized spacial score (nSPS) is 11.4. The zero-order valence-electron chi connectivity index (χ0n) is 9.21. The fraction of sp³-hybridized carbons (Fsp3) is 0.111. The monoisotopic (exact) mass is 304 g/mol. The van der Waals surface area contributed by atoms with Crippen LogP contribution in [0.25, 0.3) is 0 Å². The van der Waals surface area contributed by atoms with Crippen LogP contribution in [0.15, 0.2) is 23.2 Å². The van der Waals surface area contributed by atoms with E-state index in [-0.39, 0.29) is 4.90 Å². The number of anilines is 2. The van der Waals surface area contributed by atoms with E-state index in [1.807, 2.05) is 0 Å². The maximum Gasteiger partial charge on any atom is 0.262 e. The molecule has 1 aromatic carbocycles. The summed E-state index contributed by atoms with van der Waals surface area (Å²) in [6.07, 6.45) is 1.32. The van der Waals surface area contributed by atoms with Gasteiger partial charge in [0.05, 0.1) is 11.1 Å². The lowest BCUT2D eigenvalue weighted by Gasteiger charge is -2.09. The van der Waals surface area contributed by atoms with Gasteiger partial charge in [-0.3, -0.25) is 4.72 Å². The van der Waals surface area contributed by atoms with Crippen LogP contribution in [-0.4, -0.2) is 18.0 Å². The van der Waals surface area contributed by atoms with Crippen molar-refractivity contribution in [2.75, 3.05) is 10.5 Å². The third-order valence-corrected chi connectivity index (χ3v) is 4.71. The standard InChI is InChI=1S/C9H9ClN4O2S2/c1-5-7(10)2-6(3-8(5)11)18(15,16)13-9-4-12-14-17-9/h2-4,13H,11H2,1H3. The van der Waals surface area contributed by atoms with Crippen molar-refractivity contribution in [1.82, 2.24) is 9.59 Å². The van der Waals surface area contributed by atoms with Crippen LogP contribution in [0.5, 0.6) is 0 Å². The SMILES string of the molecule is Cc1c(N)cc(S(=O)(=O)Nc2cnns2)cc1Cl. The second-order valence-electron chi connectivity index (χ2n) is 3.51. The maximum absolute atomic E-state index is 12.0. The van der Waals surface area contributed by atoms with Crippen molar-refractivity contribution in [3.63, 3.8) is 0 Å². The van der Waals surface area contributed by atoms with Crippen molar-refractivity contribution in [1.29, 1.82) is 0 Å². The number of benzene rings is 1. The summed E-state index contributed by atoms with van der Waals surface area (Å²) in [5.41, 5.74) is 6.67. The first-order valence-electron chi connectivity index (χ1n) is 4.76. The van der Waals surface area contributed by atoms with E-state index in [9.17, 15) is 8.42 Å². The smallest absolute Gasteiger partial charge is 0.262 e. The van der Waals surface area contributed by atoms with Crippen LogP contribution in [-0.2, 0) is 10.0 Å². The van der Waals surface area contributed by atoms with Gasteiger partial charge in [0, 0.05) is 22.2 Å². The van der Waals surface area contributed by atoms with Gasteiger partial charge in [-0.1, -0.05) is 16.1 Å². The van der Waals surface area contributed by atoms with Gasteiger partial charge in [-0.25, -0.2) is 8.42 Å². The third-order valence-electron chi connectivity index (χ3n) is 2.26. The number of nitrogens with two attached hydrogens (primary N) is 1. The average molecular weight is 305 g/mol. The lowest BCUT2D eigenvalue weighted by atomic mass is 10.2. The molecule has 9 heteroatoms. The highest BCUT2D eigenvalue weighted by Gasteiger charge is 2.17. The van der Waals surface area contributed by atoms with Crippen molar-refractivity contribution >= 4 is 43.8 Å². The molecule has 0 amide bonds. The fourth-order valence-electron chi connectivity index (χ4n) is 1.23. The van der Waals surface area contributed by atoms with Crippen LogP contribution in [0.2, 0.25) is 5.02 Å². The molecule has 2 rings (SSSR count). The van der Waals surface area contributed by atoms with E-state index in [0.29, 0.717) is 21.3 Å². The van der Waals surface area contributed by atoms with Gasteiger partial charge in [0.15, 0.2) is 0 Å². The number of aromatic nitrogens is 2. The molecule has 0 unspecified atom stereocenters. The second-order valence-corrected chi connectivity index (χ2v) is 6.38. The van der Waals surface area contributed by atoms with Gasteiger partial charge in [0.25, 0.3) is 10.0 Å². The Morgan fingerprint density at radius 2 is 2.17 bits per heavy atom. The van der Waals surface area contributed by atoms with Crippen LogP contribution in [0.4, 0.5) is 10.7 Å². The molecular formula is C9H9ClN4O2S2. The Morgan fingerprint density at radius 1 is 1.44 bits per heavy atom. The van der Waals surface area contributed by atoms with Crippen molar-refractivity contribution in [2.45, 2.75) is 11.8 Å². The molecule has 96 valence electrons. The van der Waals surface area contributed by atoms with Crippen LogP contribution in [0, 0.1) is 6.92 Å². The molecule has 0 aliphatic heterocycles.